The van der Waals surface area contributed by atoms with Crippen LogP contribution in [0.25, 0.3) is 0 Å². The molecule has 0 saturated carbocycles. The molecule has 1 aromatic carbocycles. The molecular weight excluding hydrogens is 500 g/mol. The second-order valence-electron chi connectivity index (χ2n) is 8.19. The third-order valence-electron chi connectivity index (χ3n) is 5.39. The van der Waals surface area contributed by atoms with Gasteiger partial charge in [0.05, 0.1) is 6.54 Å². The van der Waals surface area contributed by atoms with Crippen LogP contribution in [0.15, 0.2) is 52.2 Å². The number of aliphatic hydroxyl groups is 1. The van der Waals surface area contributed by atoms with Gasteiger partial charge in [-0.05, 0) is 30.2 Å². The fraction of sp³-hybridized carbons (Fsp3) is 0.348. The highest BCUT2D eigenvalue weighted by atomic mass is 35.5. The Hall–Kier alpha value is -3.64. The van der Waals surface area contributed by atoms with E-state index in [4.69, 9.17) is 16.3 Å². The van der Waals surface area contributed by atoms with E-state index in [1.807, 2.05) is 0 Å². The van der Waals surface area contributed by atoms with Gasteiger partial charge in [0.1, 0.15) is 28.2 Å². The zero-order valence-electron chi connectivity index (χ0n) is 19.5. The van der Waals surface area contributed by atoms with Gasteiger partial charge in [-0.2, -0.15) is 8.78 Å². The molecule has 1 atom stereocenters. The summed E-state index contributed by atoms with van der Waals surface area (Å²) in [5.74, 6) is 0.305. The minimum absolute atomic E-state index is 0.0295. The van der Waals surface area contributed by atoms with E-state index in [-0.39, 0.29) is 49.1 Å². The van der Waals surface area contributed by atoms with Crippen LogP contribution in [0.3, 0.4) is 0 Å². The largest absolute Gasteiger partial charge is 0.452 e. The summed E-state index contributed by atoms with van der Waals surface area (Å²) < 4.78 is 39.6. The summed E-state index contributed by atoms with van der Waals surface area (Å²) in [6.45, 7) is 0.610. The number of anilines is 2. The van der Waals surface area contributed by atoms with Crippen molar-refractivity contribution >= 4 is 23.1 Å². The molecule has 3 aromatic rings. The van der Waals surface area contributed by atoms with Crippen molar-refractivity contribution in [3.8, 4) is 11.5 Å². The quantitative estimate of drug-likeness (QED) is 0.412. The number of aliphatic hydroxyl groups excluding tert-OH is 1. The molecule has 13 heteroatoms. The molecule has 0 bridgehead atoms. The molecular formula is C23H24ClF2N5O5. The molecule has 1 aliphatic heterocycles. The number of hydrogen-bond acceptors (Lipinski definition) is 8. The molecule has 0 amide bonds. The van der Waals surface area contributed by atoms with Crippen molar-refractivity contribution in [1.29, 1.82) is 0 Å². The van der Waals surface area contributed by atoms with Gasteiger partial charge in [0.15, 0.2) is 0 Å². The lowest BCUT2D eigenvalue weighted by molar-refractivity contribution is -0.159. The second kappa shape index (κ2) is 10.2. The van der Waals surface area contributed by atoms with E-state index in [9.17, 15) is 23.5 Å². The van der Waals surface area contributed by atoms with E-state index in [1.54, 1.807) is 29.3 Å². The van der Waals surface area contributed by atoms with Crippen molar-refractivity contribution in [2.24, 2.45) is 7.05 Å². The van der Waals surface area contributed by atoms with Crippen LogP contribution in [0, 0.1) is 0 Å². The number of rotatable bonds is 9. The Morgan fingerprint density at radius 2 is 1.97 bits per heavy atom. The summed E-state index contributed by atoms with van der Waals surface area (Å²) in [6, 6.07) is 9.03. The molecule has 36 heavy (non-hydrogen) atoms. The number of alkyl halides is 2. The van der Waals surface area contributed by atoms with Gasteiger partial charge in [0.25, 0.3) is 11.9 Å². The Kier molecular flexibility index (Phi) is 7.18. The first kappa shape index (κ1) is 25.5. The standard InChI is InChI=1S/C23H24ClF2N5O5/c1-23(25,26)36-16-6-3-5-15(11-16)35-21-28-19-18(31(21)13-14-7-8-17(24)27-12-14)20(33)30(9-4-10-32)22(34)29(19)2/h3,5-8,11-12,21,28,32H,4,9-10,13H2,1-2H3. The number of benzene rings is 1. The summed E-state index contributed by atoms with van der Waals surface area (Å²) in [5, 5.41) is 12.5. The number of pyridine rings is 1. The van der Waals surface area contributed by atoms with Crippen LogP contribution < -0.4 is 30.9 Å². The highest BCUT2D eigenvalue weighted by Gasteiger charge is 2.36. The maximum atomic E-state index is 13.4. The molecule has 0 fully saturated rings. The van der Waals surface area contributed by atoms with E-state index in [0.29, 0.717) is 17.6 Å². The molecule has 0 aliphatic carbocycles. The number of nitrogens with zero attached hydrogens (tertiary/aromatic N) is 4. The Morgan fingerprint density at radius 3 is 2.64 bits per heavy atom. The number of fused-ring (bicyclic) bond motifs is 1. The van der Waals surface area contributed by atoms with Crippen LogP contribution in [0.5, 0.6) is 11.5 Å². The Morgan fingerprint density at radius 1 is 1.22 bits per heavy atom. The minimum Gasteiger partial charge on any atom is -0.452 e. The number of nitrogens with one attached hydrogen (secondary N) is 1. The fourth-order valence-corrected chi connectivity index (χ4v) is 3.92. The Balaban J connectivity index is 1.74. The predicted molar refractivity (Wildman–Crippen MR) is 129 cm³/mol. The molecule has 0 spiro atoms. The molecule has 2 N–H and O–H groups in total. The monoisotopic (exact) mass is 523 g/mol. The van der Waals surface area contributed by atoms with Gasteiger partial charge in [0.2, 0.25) is 0 Å². The van der Waals surface area contributed by atoms with Crippen molar-refractivity contribution in [3.05, 3.63) is 74.1 Å². The number of aromatic nitrogens is 3. The molecule has 3 heterocycles. The molecule has 10 nitrogen and oxygen atoms in total. The Labute approximate surface area is 209 Å². The zero-order valence-corrected chi connectivity index (χ0v) is 20.2. The molecule has 192 valence electrons. The zero-order chi connectivity index (χ0) is 26.0. The third kappa shape index (κ3) is 5.44. The van der Waals surface area contributed by atoms with Gasteiger partial charge in [-0.1, -0.05) is 23.7 Å². The average Bonchev–Trinajstić information content (AvgIpc) is 3.16. The first-order valence-electron chi connectivity index (χ1n) is 11.0. The van der Waals surface area contributed by atoms with Crippen LogP contribution >= 0.6 is 11.6 Å². The third-order valence-corrected chi connectivity index (χ3v) is 5.61. The van der Waals surface area contributed by atoms with Gasteiger partial charge < -0.3 is 24.8 Å². The lowest BCUT2D eigenvalue weighted by Crippen LogP contribution is -2.43. The maximum Gasteiger partial charge on any atom is 0.394 e. The number of halogens is 3. The van der Waals surface area contributed by atoms with Crippen molar-refractivity contribution in [3.63, 3.8) is 0 Å². The van der Waals surface area contributed by atoms with Crippen LogP contribution in [-0.4, -0.2) is 38.3 Å². The fourth-order valence-electron chi connectivity index (χ4n) is 3.81. The smallest absolute Gasteiger partial charge is 0.394 e. The normalized spacial score (nSPS) is 14.9. The van der Waals surface area contributed by atoms with E-state index in [2.05, 4.69) is 15.0 Å². The highest BCUT2D eigenvalue weighted by Crippen LogP contribution is 2.34. The van der Waals surface area contributed by atoms with Crippen molar-refractivity contribution in [2.45, 2.75) is 38.9 Å². The van der Waals surface area contributed by atoms with Crippen molar-refractivity contribution < 1.29 is 23.4 Å². The van der Waals surface area contributed by atoms with Gasteiger partial charge in [-0.3, -0.25) is 13.9 Å². The van der Waals surface area contributed by atoms with Crippen LogP contribution in [0.1, 0.15) is 18.9 Å². The first-order valence-corrected chi connectivity index (χ1v) is 11.4. The Bertz CT molecular complexity index is 1360. The summed E-state index contributed by atoms with van der Waals surface area (Å²) in [6.07, 6.45) is -2.61. The number of hydrogen-bond donors (Lipinski definition) is 2. The first-order chi connectivity index (χ1) is 17.1. The molecule has 2 aromatic heterocycles. The minimum atomic E-state index is -3.38. The predicted octanol–water partition coefficient (Wildman–Crippen LogP) is 2.76. The molecule has 1 unspecified atom stereocenters. The topological polar surface area (TPSA) is 111 Å². The van der Waals surface area contributed by atoms with Gasteiger partial charge in [0, 0.05) is 39.4 Å². The van der Waals surface area contributed by atoms with Gasteiger partial charge >= 0.3 is 11.8 Å². The van der Waals surface area contributed by atoms with Crippen LogP contribution in [-0.2, 0) is 20.1 Å². The van der Waals surface area contributed by atoms with Gasteiger partial charge in [-0.25, -0.2) is 9.78 Å². The molecule has 0 saturated heterocycles. The number of ether oxygens (including phenoxy) is 2. The average molecular weight is 524 g/mol. The molecule has 0 radical (unpaired) electrons. The molecule has 1 aliphatic rings. The SMILES string of the molecule is Cn1c2c(c(=O)n(CCCO)c1=O)N(Cc1ccc(Cl)nc1)C(Oc1cccc(OC(C)(F)F)c1)N2. The van der Waals surface area contributed by atoms with Crippen molar-refractivity contribution in [2.75, 3.05) is 16.8 Å². The van der Waals surface area contributed by atoms with E-state index in [0.717, 1.165) is 4.57 Å². The summed E-state index contributed by atoms with van der Waals surface area (Å²) in [7, 11) is 1.51. The lowest BCUT2D eigenvalue weighted by Gasteiger charge is -2.26. The van der Waals surface area contributed by atoms with E-state index < -0.39 is 23.7 Å². The van der Waals surface area contributed by atoms with Crippen LogP contribution in [0.4, 0.5) is 20.3 Å². The second-order valence-corrected chi connectivity index (χ2v) is 8.58. The van der Waals surface area contributed by atoms with E-state index in [1.165, 1.54) is 29.8 Å². The maximum absolute atomic E-state index is 13.4. The van der Waals surface area contributed by atoms with Crippen molar-refractivity contribution in [1.82, 2.24) is 14.1 Å². The summed E-state index contributed by atoms with van der Waals surface area (Å²) >= 11 is 5.90. The van der Waals surface area contributed by atoms with Crippen LogP contribution in [0.2, 0.25) is 5.15 Å². The lowest BCUT2D eigenvalue weighted by atomic mass is 10.2. The summed E-state index contributed by atoms with van der Waals surface area (Å²) in [4.78, 5) is 31.9. The van der Waals surface area contributed by atoms with E-state index >= 15 is 0 Å². The molecule has 4 rings (SSSR count). The highest BCUT2D eigenvalue weighted by molar-refractivity contribution is 6.29. The van der Waals surface area contributed by atoms with Gasteiger partial charge in [-0.15, -0.1) is 0 Å². The summed E-state index contributed by atoms with van der Waals surface area (Å²) in [5.41, 5.74) is -0.262.